The molecule has 0 aromatic carbocycles. The first-order valence-corrected chi connectivity index (χ1v) is 3.08. The van der Waals surface area contributed by atoms with Crippen LogP contribution in [0.2, 0.25) is 0 Å². The lowest BCUT2D eigenvalue weighted by Crippen LogP contribution is -2.20. The molecule has 0 bridgehead atoms. The van der Waals surface area contributed by atoms with Crippen molar-refractivity contribution in [2.45, 2.75) is 12.8 Å². The lowest BCUT2D eigenvalue weighted by molar-refractivity contribution is 0.0914. The van der Waals surface area contributed by atoms with Crippen LogP contribution in [0.15, 0.2) is 29.3 Å². The first kappa shape index (κ1) is 10.0. The van der Waals surface area contributed by atoms with Gasteiger partial charge in [-0.3, -0.25) is 4.99 Å². The van der Waals surface area contributed by atoms with Gasteiger partial charge in [0.1, 0.15) is 0 Å². The molecule has 0 fully saturated rings. The van der Waals surface area contributed by atoms with Gasteiger partial charge in [0.2, 0.25) is 0 Å². The Labute approximate surface area is 65.1 Å². The maximum absolute atomic E-state index is 12.8. The van der Waals surface area contributed by atoms with Gasteiger partial charge in [-0.05, 0) is 12.5 Å². The molecule has 0 rings (SSSR count). The van der Waals surface area contributed by atoms with E-state index >= 15 is 0 Å². The Morgan fingerprint density at radius 3 is 2.18 bits per heavy atom. The smallest absolute Gasteiger partial charge is 0.294 e. The highest BCUT2D eigenvalue weighted by atomic mass is 19.3. The predicted molar refractivity (Wildman–Crippen MR) is 43.3 cm³/mol. The fraction of sp³-hybridized carbons (Fsp3) is 0.375. The number of aliphatic imine (C=N–C) groups is 1. The van der Waals surface area contributed by atoms with Crippen LogP contribution in [0.3, 0.4) is 0 Å². The fourth-order valence-corrected chi connectivity index (χ4v) is 0.511. The number of hydrogen-bond donors (Lipinski definition) is 0. The molecule has 0 amide bonds. The number of halogens is 2. The third-order valence-corrected chi connectivity index (χ3v) is 1.22. The highest BCUT2D eigenvalue weighted by molar-refractivity contribution is 5.80. The van der Waals surface area contributed by atoms with E-state index in [1.807, 2.05) is 0 Å². The predicted octanol–water partition coefficient (Wildman–Crippen LogP) is 2.45. The maximum atomic E-state index is 12.8. The zero-order valence-corrected chi connectivity index (χ0v) is 6.69. The standard InChI is InChI=1S/C8H11F2N/c1-6(2)8(9,10)7(3)5-11-4/h5H,1,3H2,2,4H3. The van der Waals surface area contributed by atoms with E-state index in [0.29, 0.717) is 0 Å². The molecule has 0 aliphatic rings. The largest absolute Gasteiger partial charge is 0.296 e. The number of alkyl halides is 2. The van der Waals surface area contributed by atoms with Gasteiger partial charge in [-0.25, -0.2) is 0 Å². The average Bonchev–Trinajstić information content (AvgIpc) is 1.88. The normalized spacial score (nSPS) is 12.0. The molecule has 0 aliphatic carbocycles. The molecule has 11 heavy (non-hydrogen) atoms. The quantitative estimate of drug-likeness (QED) is 0.443. The molecular weight excluding hydrogens is 148 g/mol. The zero-order chi connectivity index (χ0) is 9.07. The third-order valence-electron chi connectivity index (χ3n) is 1.22. The Hall–Kier alpha value is -0.990. The van der Waals surface area contributed by atoms with Gasteiger partial charge in [-0.15, -0.1) is 0 Å². The fourth-order valence-electron chi connectivity index (χ4n) is 0.511. The Bertz CT molecular complexity index is 204. The third kappa shape index (κ3) is 2.26. The van der Waals surface area contributed by atoms with Crippen LogP contribution in [0.1, 0.15) is 6.92 Å². The monoisotopic (exact) mass is 159 g/mol. The molecule has 0 atom stereocenters. The molecule has 0 radical (unpaired) electrons. The van der Waals surface area contributed by atoms with Crippen LogP contribution in [0.4, 0.5) is 8.78 Å². The highest BCUT2D eigenvalue weighted by Crippen LogP contribution is 2.28. The second kappa shape index (κ2) is 3.42. The van der Waals surface area contributed by atoms with E-state index in [2.05, 4.69) is 18.2 Å². The first-order chi connectivity index (χ1) is 4.92. The summed E-state index contributed by atoms with van der Waals surface area (Å²) in [4.78, 5) is 3.44. The van der Waals surface area contributed by atoms with Gasteiger partial charge in [-0.2, -0.15) is 8.78 Å². The van der Waals surface area contributed by atoms with Crippen LogP contribution in [-0.4, -0.2) is 19.2 Å². The first-order valence-electron chi connectivity index (χ1n) is 3.08. The highest BCUT2D eigenvalue weighted by Gasteiger charge is 2.32. The van der Waals surface area contributed by atoms with Crippen molar-refractivity contribution in [1.82, 2.24) is 0 Å². The zero-order valence-electron chi connectivity index (χ0n) is 6.69. The van der Waals surface area contributed by atoms with Crippen molar-refractivity contribution in [2.24, 2.45) is 4.99 Å². The average molecular weight is 159 g/mol. The van der Waals surface area contributed by atoms with E-state index in [1.54, 1.807) is 0 Å². The van der Waals surface area contributed by atoms with Crippen molar-refractivity contribution in [3.63, 3.8) is 0 Å². The Kier molecular flexibility index (Phi) is 3.11. The van der Waals surface area contributed by atoms with Crippen LogP contribution < -0.4 is 0 Å². The number of allylic oxidation sites excluding steroid dienone is 2. The summed E-state index contributed by atoms with van der Waals surface area (Å²) in [6, 6.07) is 0. The van der Waals surface area contributed by atoms with Gasteiger partial charge in [-0.1, -0.05) is 13.2 Å². The van der Waals surface area contributed by atoms with E-state index in [9.17, 15) is 8.78 Å². The molecule has 3 heteroatoms. The van der Waals surface area contributed by atoms with E-state index < -0.39 is 5.92 Å². The number of hydrogen-bond acceptors (Lipinski definition) is 1. The summed E-state index contributed by atoms with van der Waals surface area (Å²) < 4.78 is 25.7. The molecular formula is C8H11F2N. The lowest BCUT2D eigenvalue weighted by Gasteiger charge is -2.15. The van der Waals surface area contributed by atoms with Gasteiger partial charge in [0.25, 0.3) is 5.92 Å². The van der Waals surface area contributed by atoms with E-state index in [0.717, 1.165) is 6.21 Å². The lowest BCUT2D eigenvalue weighted by atomic mass is 10.1. The van der Waals surface area contributed by atoms with Crippen molar-refractivity contribution in [3.05, 3.63) is 24.3 Å². The molecule has 0 aromatic heterocycles. The van der Waals surface area contributed by atoms with Crippen molar-refractivity contribution in [1.29, 1.82) is 0 Å². The SMILES string of the molecule is C=C(C)C(F)(F)C(=C)C=NC. The molecule has 0 spiro atoms. The molecule has 62 valence electrons. The number of rotatable bonds is 3. The Morgan fingerprint density at radius 1 is 1.45 bits per heavy atom. The van der Waals surface area contributed by atoms with Gasteiger partial charge in [0, 0.05) is 18.8 Å². The molecule has 1 nitrogen and oxygen atoms in total. The minimum Gasteiger partial charge on any atom is -0.296 e. The van der Waals surface area contributed by atoms with Crippen LogP contribution in [0.25, 0.3) is 0 Å². The molecule has 0 aliphatic heterocycles. The van der Waals surface area contributed by atoms with Gasteiger partial charge < -0.3 is 0 Å². The second-order valence-corrected chi connectivity index (χ2v) is 2.27. The van der Waals surface area contributed by atoms with E-state index in [4.69, 9.17) is 0 Å². The summed E-state index contributed by atoms with van der Waals surface area (Å²) in [5.41, 5.74) is -0.546. The van der Waals surface area contributed by atoms with E-state index in [-0.39, 0.29) is 11.1 Å². The van der Waals surface area contributed by atoms with Crippen LogP contribution in [0.5, 0.6) is 0 Å². The minimum absolute atomic E-state index is 0.220. The molecule has 0 unspecified atom stereocenters. The van der Waals surface area contributed by atoms with Crippen LogP contribution >= 0.6 is 0 Å². The molecule has 0 saturated heterocycles. The van der Waals surface area contributed by atoms with Crippen molar-refractivity contribution < 1.29 is 8.78 Å². The van der Waals surface area contributed by atoms with Crippen LogP contribution in [-0.2, 0) is 0 Å². The van der Waals surface area contributed by atoms with E-state index in [1.165, 1.54) is 14.0 Å². The molecule has 0 heterocycles. The molecule has 0 aromatic rings. The Morgan fingerprint density at radius 2 is 1.91 bits per heavy atom. The summed E-state index contributed by atoms with van der Waals surface area (Å²) in [5, 5.41) is 0. The molecule has 0 saturated carbocycles. The summed E-state index contributed by atoms with van der Waals surface area (Å²) >= 11 is 0. The summed E-state index contributed by atoms with van der Waals surface area (Å²) in [6.07, 6.45) is 1.04. The van der Waals surface area contributed by atoms with Gasteiger partial charge in [0.05, 0.1) is 0 Å². The van der Waals surface area contributed by atoms with Crippen molar-refractivity contribution in [3.8, 4) is 0 Å². The second-order valence-electron chi connectivity index (χ2n) is 2.27. The van der Waals surface area contributed by atoms with Crippen molar-refractivity contribution in [2.75, 3.05) is 7.05 Å². The summed E-state index contributed by atoms with van der Waals surface area (Å²) in [6.45, 7) is 7.59. The van der Waals surface area contributed by atoms with Gasteiger partial charge >= 0.3 is 0 Å². The minimum atomic E-state index is -3.03. The van der Waals surface area contributed by atoms with Gasteiger partial charge in [0.15, 0.2) is 0 Å². The number of nitrogens with zero attached hydrogens (tertiary/aromatic N) is 1. The maximum Gasteiger partial charge on any atom is 0.294 e. The summed E-state index contributed by atoms with van der Waals surface area (Å²) in [7, 11) is 1.42. The summed E-state index contributed by atoms with van der Waals surface area (Å²) in [5.74, 6) is -3.03. The van der Waals surface area contributed by atoms with Crippen molar-refractivity contribution >= 4 is 6.21 Å². The Balaban J connectivity index is 4.56. The topological polar surface area (TPSA) is 12.4 Å². The molecule has 0 N–H and O–H groups in total. The van der Waals surface area contributed by atoms with Crippen LogP contribution in [0, 0.1) is 0 Å².